The molecule has 3 heteroatoms. The molecule has 0 N–H and O–H groups in total. The number of pyridine rings is 1. The fraction of sp³-hybridized carbons (Fsp3) is 0.364. The van der Waals surface area contributed by atoms with Crippen molar-refractivity contribution in [3.05, 3.63) is 63.4 Å². The lowest BCUT2D eigenvalue weighted by atomic mass is 10.2. The molecule has 0 atom stereocenters. The van der Waals surface area contributed by atoms with Gasteiger partial charge in [0.1, 0.15) is 5.52 Å². The van der Waals surface area contributed by atoms with Crippen LogP contribution in [-0.2, 0) is 0 Å². The quantitative estimate of drug-likeness (QED) is 0.384. The van der Waals surface area contributed by atoms with Gasteiger partial charge >= 0.3 is 0 Å². The van der Waals surface area contributed by atoms with Crippen LogP contribution in [0.1, 0.15) is 55.4 Å². The van der Waals surface area contributed by atoms with Crippen molar-refractivity contribution in [2.75, 3.05) is 0 Å². The lowest BCUT2D eigenvalue weighted by Crippen LogP contribution is -1.99. The van der Waals surface area contributed by atoms with Gasteiger partial charge in [-0.05, 0) is 23.6 Å². The van der Waals surface area contributed by atoms with E-state index in [1.165, 1.54) is 0 Å². The minimum atomic E-state index is -0.0260. The molecule has 25 heavy (non-hydrogen) atoms. The van der Waals surface area contributed by atoms with Gasteiger partial charge in [-0.25, -0.2) is 0 Å². The molecule has 2 nitrogen and oxygen atoms in total. The van der Waals surface area contributed by atoms with Crippen molar-refractivity contribution in [1.82, 2.24) is 4.98 Å². The standard InChI is InChI=1S/C14H8BrNO.4C2H6/c15-12-8-9-4-1-2-5-10(9)14(17)13-11(12)6-3-7-16-13;4*1-2/h1-8H;4*1-2H3. The lowest BCUT2D eigenvalue weighted by molar-refractivity contribution is 1.40. The third kappa shape index (κ3) is 6.95. The van der Waals surface area contributed by atoms with E-state index in [4.69, 9.17) is 0 Å². The van der Waals surface area contributed by atoms with Crippen molar-refractivity contribution >= 4 is 37.6 Å². The van der Waals surface area contributed by atoms with Crippen LogP contribution in [0.2, 0.25) is 0 Å². The van der Waals surface area contributed by atoms with Crippen LogP contribution < -0.4 is 5.43 Å². The van der Waals surface area contributed by atoms with E-state index in [2.05, 4.69) is 20.9 Å². The molecule has 1 aromatic heterocycles. The Morgan fingerprint density at radius 2 is 1.28 bits per heavy atom. The molecule has 0 unspecified atom stereocenters. The first-order valence-corrected chi connectivity index (χ1v) is 10.0. The van der Waals surface area contributed by atoms with E-state index in [0.717, 1.165) is 15.2 Å². The fourth-order valence-corrected chi connectivity index (χ4v) is 2.52. The van der Waals surface area contributed by atoms with Crippen LogP contribution in [0, 0.1) is 0 Å². The number of hydrogen-bond acceptors (Lipinski definition) is 2. The highest BCUT2D eigenvalue weighted by Gasteiger charge is 2.05. The largest absolute Gasteiger partial charge is 0.287 e. The van der Waals surface area contributed by atoms with Gasteiger partial charge in [0.2, 0.25) is 5.43 Å². The third-order valence-electron chi connectivity index (χ3n) is 2.77. The molecule has 0 bridgehead atoms. The van der Waals surface area contributed by atoms with Crippen LogP contribution in [0.25, 0.3) is 21.7 Å². The topological polar surface area (TPSA) is 30.0 Å². The SMILES string of the molecule is CC.CC.CC.CC.O=c1c2ccccc2cc(Br)c2cccnc12. The Balaban J connectivity index is 0. The maximum Gasteiger partial charge on any atom is 0.212 e. The van der Waals surface area contributed by atoms with Gasteiger partial charge in [0.25, 0.3) is 0 Å². The van der Waals surface area contributed by atoms with Gasteiger partial charge < -0.3 is 0 Å². The average molecular weight is 406 g/mol. The van der Waals surface area contributed by atoms with Gasteiger partial charge in [0.15, 0.2) is 0 Å². The van der Waals surface area contributed by atoms with Gasteiger partial charge in [0, 0.05) is 21.4 Å². The van der Waals surface area contributed by atoms with E-state index in [0.29, 0.717) is 10.9 Å². The molecular formula is C22H32BrNO. The van der Waals surface area contributed by atoms with Gasteiger partial charge in [-0.3, -0.25) is 9.78 Å². The van der Waals surface area contributed by atoms with E-state index in [9.17, 15) is 4.79 Å². The fourth-order valence-electron chi connectivity index (χ4n) is 1.95. The van der Waals surface area contributed by atoms with E-state index < -0.39 is 0 Å². The zero-order valence-corrected chi connectivity index (χ0v) is 18.4. The van der Waals surface area contributed by atoms with E-state index in [-0.39, 0.29) is 5.43 Å². The summed E-state index contributed by atoms with van der Waals surface area (Å²) >= 11 is 3.50. The molecule has 0 spiro atoms. The highest BCUT2D eigenvalue weighted by atomic mass is 79.9. The third-order valence-corrected chi connectivity index (χ3v) is 3.42. The molecule has 3 rings (SSSR count). The second-order valence-electron chi connectivity index (χ2n) is 3.81. The number of hydrogen-bond donors (Lipinski definition) is 0. The Hall–Kier alpha value is -1.74. The Bertz CT molecular complexity index is 785. The number of rotatable bonds is 0. The highest BCUT2D eigenvalue weighted by molar-refractivity contribution is 9.10. The number of halogens is 1. The molecule has 0 aliphatic heterocycles. The smallest absolute Gasteiger partial charge is 0.212 e. The zero-order chi connectivity index (χ0) is 19.8. The molecule has 0 saturated carbocycles. The summed E-state index contributed by atoms with van der Waals surface area (Å²) in [7, 11) is 0. The Labute approximate surface area is 161 Å². The second kappa shape index (κ2) is 15.8. The Morgan fingerprint density at radius 1 is 0.760 bits per heavy atom. The minimum Gasteiger partial charge on any atom is -0.287 e. The van der Waals surface area contributed by atoms with Crippen LogP contribution in [0.15, 0.2) is 57.9 Å². The molecule has 1 heterocycles. The van der Waals surface area contributed by atoms with Crippen LogP contribution in [-0.4, -0.2) is 4.98 Å². The van der Waals surface area contributed by atoms with Gasteiger partial charge in [-0.15, -0.1) is 0 Å². The maximum atomic E-state index is 12.4. The van der Waals surface area contributed by atoms with Crippen molar-refractivity contribution in [2.24, 2.45) is 0 Å². The predicted molar refractivity (Wildman–Crippen MR) is 119 cm³/mol. The summed E-state index contributed by atoms with van der Waals surface area (Å²) in [6, 6.07) is 13.2. The van der Waals surface area contributed by atoms with Gasteiger partial charge in [-0.2, -0.15) is 0 Å². The first kappa shape index (κ1) is 25.5. The molecule has 138 valence electrons. The number of benzene rings is 1. The summed E-state index contributed by atoms with van der Waals surface area (Å²) in [6.07, 6.45) is 1.64. The summed E-state index contributed by atoms with van der Waals surface area (Å²) in [5.74, 6) is 0. The molecule has 2 aromatic carbocycles. The van der Waals surface area contributed by atoms with E-state index in [1.807, 2.05) is 97.9 Å². The van der Waals surface area contributed by atoms with Crippen molar-refractivity contribution in [3.8, 4) is 0 Å². The van der Waals surface area contributed by atoms with Crippen LogP contribution in [0.5, 0.6) is 0 Å². The van der Waals surface area contributed by atoms with E-state index in [1.54, 1.807) is 6.20 Å². The summed E-state index contributed by atoms with van der Waals surface area (Å²) < 4.78 is 0.888. The average Bonchev–Trinajstić information content (AvgIpc) is 2.83. The van der Waals surface area contributed by atoms with Crippen LogP contribution >= 0.6 is 15.9 Å². The first-order chi connectivity index (χ1) is 12.3. The van der Waals surface area contributed by atoms with Crippen molar-refractivity contribution < 1.29 is 0 Å². The van der Waals surface area contributed by atoms with Crippen LogP contribution in [0.3, 0.4) is 0 Å². The molecule has 0 saturated heterocycles. The molecule has 0 radical (unpaired) electrons. The summed E-state index contributed by atoms with van der Waals surface area (Å²) in [5.41, 5.74) is 0.475. The Morgan fingerprint density at radius 3 is 1.88 bits per heavy atom. The molecule has 0 aliphatic rings. The summed E-state index contributed by atoms with van der Waals surface area (Å²) in [4.78, 5) is 16.5. The van der Waals surface area contributed by atoms with E-state index >= 15 is 0 Å². The van der Waals surface area contributed by atoms with Crippen molar-refractivity contribution in [1.29, 1.82) is 0 Å². The normalized spacial score (nSPS) is 8.36. The number of nitrogens with zero attached hydrogens (tertiary/aromatic N) is 1. The molecular weight excluding hydrogens is 374 g/mol. The minimum absolute atomic E-state index is 0.0260. The molecule has 0 aliphatic carbocycles. The monoisotopic (exact) mass is 405 g/mol. The summed E-state index contributed by atoms with van der Waals surface area (Å²) in [6.45, 7) is 16.0. The predicted octanol–water partition coefficient (Wildman–Crippen LogP) is 7.62. The molecule has 0 amide bonds. The molecule has 0 fully saturated rings. The Kier molecular flexibility index (Phi) is 16.1. The van der Waals surface area contributed by atoms with Crippen molar-refractivity contribution in [3.63, 3.8) is 0 Å². The number of fused-ring (bicyclic) bond motifs is 2. The van der Waals surface area contributed by atoms with Gasteiger partial charge in [0.05, 0.1) is 0 Å². The second-order valence-corrected chi connectivity index (χ2v) is 4.66. The van der Waals surface area contributed by atoms with Gasteiger partial charge in [-0.1, -0.05) is 95.6 Å². The van der Waals surface area contributed by atoms with Crippen LogP contribution in [0.4, 0.5) is 0 Å². The van der Waals surface area contributed by atoms with Crippen molar-refractivity contribution in [2.45, 2.75) is 55.4 Å². The summed E-state index contributed by atoms with van der Waals surface area (Å²) in [5, 5.41) is 2.46. The highest BCUT2D eigenvalue weighted by Crippen LogP contribution is 2.23. The molecule has 3 aromatic rings. The first-order valence-electron chi connectivity index (χ1n) is 9.23. The maximum absolute atomic E-state index is 12.4. The number of aromatic nitrogens is 1. The lowest BCUT2D eigenvalue weighted by Gasteiger charge is -1.91. The zero-order valence-electron chi connectivity index (χ0n) is 16.9.